The second-order valence-corrected chi connectivity index (χ2v) is 5.33. The Labute approximate surface area is 120 Å². The highest BCUT2D eigenvalue weighted by atomic mass is 16.4. The summed E-state index contributed by atoms with van der Waals surface area (Å²) in [5.74, 6) is -0.903. The second-order valence-electron chi connectivity index (χ2n) is 5.33. The lowest BCUT2D eigenvalue weighted by molar-refractivity contribution is -0.143. The molecule has 5 heteroatoms. The zero-order valence-electron chi connectivity index (χ0n) is 12.4. The van der Waals surface area contributed by atoms with Gasteiger partial charge in [0.15, 0.2) is 0 Å². The highest BCUT2D eigenvalue weighted by Crippen LogP contribution is 2.14. The number of carbonyl (C=O) groups is 1. The fraction of sp³-hybridized carbons (Fsp3) is 0.600. The molecule has 1 rings (SSSR count). The van der Waals surface area contributed by atoms with Crippen LogP contribution in [-0.2, 0) is 11.2 Å². The predicted molar refractivity (Wildman–Crippen MR) is 79.5 cm³/mol. The molecule has 0 bridgehead atoms. The maximum atomic E-state index is 11.1. The molecular formula is C15H25N3O2. The smallest absolute Gasteiger partial charge is 0.323 e. The minimum absolute atomic E-state index is 0.461. The summed E-state index contributed by atoms with van der Waals surface area (Å²) >= 11 is 0. The minimum Gasteiger partial charge on any atom is -0.480 e. The van der Waals surface area contributed by atoms with E-state index in [1.165, 1.54) is 5.56 Å². The zero-order chi connectivity index (χ0) is 15.0. The van der Waals surface area contributed by atoms with E-state index in [9.17, 15) is 4.79 Å². The van der Waals surface area contributed by atoms with Gasteiger partial charge in [-0.15, -0.1) is 0 Å². The summed E-state index contributed by atoms with van der Waals surface area (Å²) in [5, 5.41) is 9.11. The third kappa shape index (κ3) is 5.27. The van der Waals surface area contributed by atoms with Crippen molar-refractivity contribution in [3.63, 3.8) is 0 Å². The summed E-state index contributed by atoms with van der Waals surface area (Å²) in [6.45, 7) is 3.62. The van der Waals surface area contributed by atoms with E-state index in [1.54, 1.807) is 12.4 Å². The van der Waals surface area contributed by atoms with Gasteiger partial charge in [-0.25, -0.2) is 0 Å². The lowest BCUT2D eigenvalue weighted by Crippen LogP contribution is -2.47. The van der Waals surface area contributed by atoms with Gasteiger partial charge in [-0.3, -0.25) is 9.78 Å². The molecule has 0 fully saturated rings. The van der Waals surface area contributed by atoms with Crippen molar-refractivity contribution in [3.8, 4) is 0 Å². The fourth-order valence-corrected chi connectivity index (χ4v) is 2.08. The number of rotatable bonds is 9. The van der Waals surface area contributed by atoms with Crippen LogP contribution in [0.2, 0.25) is 0 Å². The van der Waals surface area contributed by atoms with Gasteiger partial charge in [-0.1, -0.05) is 6.92 Å². The van der Waals surface area contributed by atoms with Crippen LogP contribution < -0.4 is 5.73 Å². The second kappa shape index (κ2) is 7.97. The number of nitrogens with zero attached hydrogens (tertiary/aromatic N) is 2. The highest BCUT2D eigenvalue weighted by molar-refractivity contribution is 5.78. The Morgan fingerprint density at radius 3 is 2.60 bits per heavy atom. The Kier molecular flexibility index (Phi) is 6.61. The Balaban J connectivity index is 2.26. The van der Waals surface area contributed by atoms with E-state index in [2.05, 4.69) is 9.88 Å². The average Bonchev–Trinajstić information content (AvgIpc) is 2.45. The van der Waals surface area contributed by atoms with Crippen LogP contribution in [0.15, 0.2) is 24.5 Å². The molecule has 0 aliphatic heterocycles. The average molecular weight is 279 g/mol. The number of hydrogen-bond acceptors (Lipinski definition) is 4. The summed E-state index contributed by atoms with van der Waals surface area (Å²) in [6.07, 6.45) is 6.34. The van der Waals surface area contributed by atoms with Gasteiger partial charge < -0.3 is 15.7 Å². The van der Waals surface area contributed by atoms with Crippen molar-refractivity contribution >= 4 is 5.97 Å². The Hall–Kier alpha value is -1.46. The van der Waals surface area contributed by atoms with Crippen molar-refractivity contribution in [1.82, 2.24) is 9.88 Å². The number of carboxylic acid groups (broad SMARTS) is 1. The van der Waals surface area contributed by atoms with E-state index in [0.717, 1.165) is 25.9 Å². The molecule has 3 N–H and O–H groups in total. The molecule has 0 saturated carbocycles. The first-order chi connectivity index (χ1) is 9.48. The molecule has 5 nitrogen and oxygen atoms in total. The first-order valence-corrected chi connectivity index (χ1v) is 7.07. The number of nitrogens with two attached hydrogens (primary N) is 1. The van der Waals surface area contributed by atoms with Crippen LogP contribution in [0.1, 0.15) is 31.7 Å². The number of aromatic nitrogens is 1. The van der Waals surface area contributed by atoms with E-state index in [0.29, 0.717) is 12.8 Å². The predicted octanol–water partition coefficient (Wildman–Crippen LogP) is 1.53. The first-order valence-electron chi connectivity index (χ1n) is 7.07. The maximum Gasteiger partial charge on any atom is 0.323 e. The molecule has 0 aromatic carbocycles. The molecule has 1 aromatic rings. The normalized spacial score (nSPS) is 14.2. The molecular weight excluding hydrogens is 254 g/mol. The number of aliphatic carboxylic acids is 1. The van der Waals surface area contributed by atoms with E-state index in [-0.39, 0.29) is 0 Å². The van der Waals surface area contributed by atoms with Crippen LogP contribution in [0.25, 0.3) is 0 Å². The summed E-state index contributed by atoms with van der Waals surface area (Å²) in [7, 11) is 2.05. The Morgan fingerprint density at radius 2 is 2.05 bits per heavy atom. The topological polar surface area (TPSA) is 79.5 Å². The molecule has 0 aliphatic rings. The van der Waals surface area contributed by atoms with Crippen LogP contribution in [0.4, 0.5) is 0 Å². The highest BCUT2D eigenvalue weighted by Gasteiger charge is 2.30. The standard InChI is InChI=1S/C15H25N3O2/c1-3-15(16,14(19)20)8-4-11-18(2)12-7-13-5-9-17-10-6-13/h5-6,9-10H,3-4,7-8,11-12,16H2,1-2H3,(H,19,20). The lowest BCUT2D eigenvalue weighted by Gasteiger charge is -2.24. The van der Waals surface area contributed by atoms with E-state index in [1.807, 2.05) is 26.1 Å². The Morgan fingerprint density at radius 1 is 1.40 bits per heavy atom. The van der Waals surface area contributed by atoms with Crippen LogP contribution in [-0.4, -0.2) is 46.6 Å². The third-order valence-corrected chi connectivity index (χ3v) is 3.75. The quantitative estimate of drug-likeness (QED) is 0.716. The van der Waals surface area contributed by atoms with E-state index < -0.39 is 11.5 Å². The van der Waals surface area contributed by atoms with E-state index >= 15 is 0 Å². The molecule has 1 aromatic heterocycles. The van der Waals surface area contributed by atoms with Crippen LogP contribution in [0.3, 0.4) is 0 Å². The fourth-order valence-electron chi connectivity index (χ4n) is 2.08. The molecule has 0 radical (unpaired) electrons. The SMILES string of the molecule is CCC(N)(CCCN(C)CCc1ccncc1)C(=O)O. The van der Waals surface area contributed by atoms with Crippen LogP contribution in [0.5, 0.6) is 0 Å². The van der Waals surface area contributed by atoms with Crippen molar-refractivity contribution in [1.29, 1.82) is 0 Å². The lowest BCUT2D eigenvalue weighted by atomic mass is 9.92. The van der Waals surface area contributed by atoms with Gasteiger partial charge in [0.2, 0.25) is 0 Å². The molecule has 20 heavy (non-hydrogen) atoms. The molecule has 1 heterocycles. The van der Waals surface area contributed by atoms with Gasteiger partial charge in [-0.2, -0.15) is 0 Å². The number of pyridine rings is 1. The van der Waals surface area contributed by atoms with Gasteiger partial charge in [0.25, 0.3) is 0 Å². The maximum absolute atomic E-state index is 11.1. The van der Waals surface area contributed by atoms with Crippen LogP contribution in [0, 0.1) is 0 Å². The molecule has 0 spiro atoms. The van der Waals surface area contributed by atoms with E-state index in [4.69, 9.17) is 10.8 Å². The zero-order valence-corrected chi connectivity index (χ0v) is 12.4. The molecule has 0 aliphatic carbocycles. The van der Waals surface area contributed by atoms with Gasteiger partial charge in [-0.05, 0) is 57.0 Å². The van der Waals surface area contributed by atoms with Crippen molar-refractivity contribution in [2.45, 2.75) is 38.1 Å². The van der Waals surface area contributed by atoms with Gasteiger partial charge >= 0.3 is 5.97 Å². The molecule has 0 amide bonds. The summed E-state index contributed by atoms with van der Waals surface area (Å²) < 4.78 is 0. The van der Waals surface area contributed by atoms with Crippen molar-refractivity contribution in [2.24, 2.45) is 5.73 Å². The molecule has 112 valence electrons. The largest absolute Gasteiger partial charge is 0.480 e. The monoisotopic (exact) mass is 279 g/mol. The third-order valence-electron chi connectivity index (χ3n) is 3.75. The molecule has 1 unspecified atom stereocenters. The minimum atomic E-state index is -1.08. The van der Waals surface area contributed by atoms with Crippen molar-refractivity contribution in [3.05, 3.63) is 30.1 Å². The number of hydrogen-bond donors (Lipinski definition) is 2. The number of carboxylic acids is 1. The number of likely N-dealkylation sites (N-methyl/N-ethyl adjacent to an activating group) is 1. The summed E-state index contributed by atoms with van der Waals surface area (Å²) in [4.78, 5) is 17.3. The molecule has 1 atom stereocenters. The van der Waals surface area contributed by atoms with Crippen LogP contribution >= 0.6 is 0 Å². The first kappa shape index (κ1) is 16.6. The van der Waals surface area contributed by atoms with Crippen molar-refractivity contribution in [2.75, 3.05) is 20.1 Å². The molecule has 0 saturated heterocycles. The Bertz CT molecular complexity index is 411. The van der Waals surface area contributed by atoms with Gasteiger partial charge in [0.05, 0.1) is 0 Å². The van der Waals surface area contributed by atoms with Gasteiger partial charge in [0.1, 0.15) is 5.54 Å². The summed E-state index contributed by atoms with van der Waals surface area (Å²) in [6, 6.07) is 4.03. The van der Waals surface area contributed by atoms with Crippen molar-refractivity contribution < 1.29 is 9.90 Å². The summed E-state index contributed by atoms with van der Waals surface area (Å²) in [5.41, 5.74) is 6.05. The van der Waals surface area contributed by atoms with Gasteiger partial charge in [0, 0.05) is 18.9 Å².